The lowest BCUT2D eigenvalue weighted by Crippen LogP contribution is -2.16. The number of nitrogens with one attached hydrogen (secondary N) is 1. The monoisotopic (exact) mass is 236 g/mol. The number of rotatable bonds is 3. The summed E-state index contributed by atoms with van der Waals surface area (Å²) in [5, 5.41) is 7.94. The number of fused-ring (bicyclic) bond motifs is 1. The lowest BCUT2D eigenvalue weighted by Gasteiger charge is -2.05. The van der Waals surface area contributed by atoms with Gasteiger partial charge in [-0.25, -0.2) is 0 Å². The standard InChI is InChI=1S/C12H16N2OS/c1-8-6-10-11(7-9(8)2)16-12(13)14(10)4-5-15-3/h6-7,13H,4-5H2,1-3H3. The molecule has 1 N–H and O–H groups in total. The molecule has 0 aliphatic heterocycles. The number of nitrogens with zero attached hydrogens (tertiary/aromatic N) is 1. The molecule has 0 amide bonds. The van der Waals surface area contributed by atoms with E-state index >= 15 is 0 Å². The molecule has 0 spiro atoms. The molecule has 0 aliphatic carbocycles. The van der Waals surface area contributed by atoms with Crippen molar-refractivity contribution in [1.29, 1.82) is 5.41 Å². The molecule has 0 aliphatic rings. The summed E-state index contributed by atoms with van der Waals surface area (Å²) in [5.74, 6) is 0. The smallest absolute Gasteiger partial charge is 0.182 e. The van der Waals surface area contributed by atoms with Crippen LogP contribution >= 0.6 is 11.3 Å². The normalized spacial score (nSPS) is 11.2. The highest BCUT2D eigenvalue weighted by molar-refractivity contribution is 7.16. The van der Waals surface area contributed by atoms with Crippen LogP contribution in [-0.4, -0.2) is 18.3 Å². The van der Waals surface area contributed by atoms with Gasteiger partial charge in [-0.1, -0.05) is 11.3 Å². The van der Waals surface area contributed by atoms with Gasteiger partial charge >= 0.3 is 0 Å². The Morgan fingerprint density at radius 2 is 2.00 bits per heavy atom. The highest BCUT2D eigenvalue weighted by Crippen LogP contribution is 2.21. The average Bonchev–Trinajstić information content (AvgIpc) is 2.52. The molecule has 2 rings (SSSR count). The quantitative estimate of drug-likeness (QED) is 0.873. The predicted octanol–water partition coefficient (Wildman–Crippen LogP) is 2.45. The molecule has 1 heterocycles. The van der Waals surface area contributed by atoms with Gasteiger partial charge in [-0.15, -0.1) is 0 Å². The molecule has 4 heteroatoms. The second kappa shape index (κ2) is 4.39. The maximum atomic E-state index is 7.94. The average molecular weight is 236 g/mol. The molecule has 0 radical (unpaired) electrons. The first-order chi connectivity index (χ1) is 7.63. The number of hydrogen-bond acceptors (Lipinski definition) is 3. The molecule has 0 saturated heterocycles. The maximum Gasteiger partial charge on any atom is 0.182 e. The highest BCUT2D eigenvalue weighted by atomic mass is 32.1. The van der Waals surface area contributed by atoms with E-state index in [4.69, 9.17) is 10.1 Å². The van der Waals surface area contributed by atoms with Crippen LogP contribution in [0.25, 0.3) is 10.2 Å². The molecule has 0 unspecified atom stereocenters. The number of aryl methyl sites for hydroxylation is 2. The van der Waals surface area contributed by atoms with Crippen LogP contribution in [0.5, 0.6) is 0 Å². The van der Waals surface area contributed by atoms with Crippen LogP contribution in [0.2, 0.25) is 0 Å². The molecule has 86 valence electrons. The van der Waals surface area contributed by atoms with Crippen LogP contribution in [0, 0.1) is 19.3 Å². The molecular formula is C12H16N2OS. The van der Waals surface area contributed by atoms with Crippen LogP contribution < -0.4 is 4.80 Å². The van der Waals surface area contributed by atoms with Crippen molar-refractivity contribution >= 4 is 21.6 Å². The van der Waals surface area contributed by atoms with Crippen LogP contribution in [0.4, 0.5) is 0 Å². The van der Waals surface area contributed by atoms with E-state index in [1.807, 2.05) is 4.57 Å². The summed E-state index contributed by atoms with van der Waals surface area (Å²) < 4.78 is 8.27. The van der Waals surface area contributed by atoms with E-state index in [2.05, 4.69) is 26.0 Å². The first kappa shape index (κ1) is 11.4. The van der Waals surface area contributed by atoms with E-state index in [-0.39, 0.29) is 0 Å². The van der Waals surface area contributed by atoms with Crippen LogP contribution in [0.15, 0.2) is 12.1 Å². The van der Waals surface area contributed by atoms with E-state index in [1.165, 1.54) is 27.2 Å². The van der Waals surface area contributed by atoms with Gasteiger partial charge in [-0.2, -0.15) is 0 Å². The van der Waals surface area contributed by atoms with Gasteiger partial charge in [-0.3, -0.25) is 5.41 Å². The zero-order valence-electron chi connectivity index (χ0n) is 9.83. The number of ether oxygens (including phenoxy) is 1. The molecule has 0 fully saturated rings. The topological polar surface area (TPSA) is 38.0 Å². The van der Waals surface area contributed by atoms with Crippen molar-refractivity contribution < 1.29 is 4.74 Å². The number of aromatic nitrogens is 1. The van der Waals surface area contributed by atoms with Gasteiger partial charge in [0, 0.05) is 13.7 Å². The van der Waals surface area contributed by atoms with Crippen LogP contribution in [-0.2, 0) is 11.3 Å². The third-order valence-electron chi connectivity index (χ3n) is 2.84. The van der Waals surface area contributed by atoms with Crippen molar-refractivity contribution in [3.05, 3.63) is 28.1 Å². The van der Waals surface area contributed by atoms with Gasteiger partial charge in [0.2, 0.25) is 0 Å². The Hall–Kier alpha value is -1.13. The molecule has 2 aromatic rings. The molecule has 1 aromatic carbocycles. The molecule has 1 aromatic heterocycles. The third-order valence-corrected chi connectivity index (χ3v) is 3.80. The van der Waals surface area contributed by atoms with E-state index in [9.17, 15) is 0 Å². The van der Waals surface area contributed by atoms with Crippen molar-refractivity contribution in [3.8, 4) is 0 Å². The Bertz CT molecular complexity index is 568. The molecule has 3 nitrogen and oxygen atoms in total. The molecular weight excluding hydrogens is 220 g/mol. The van der Waals surface area contributed by atoms with Gasteiger partial charge in [0.15, 0.2) is 4.80 Å². The van der Waals surface area contributed by atoms with Crippen molar-refractivity contribution in [2.75, 3.05) is 13.7 Å². The van der Waals surface area contributed by atoms with Crippen molar-refractivity contribution in [2.24, 2.45) is 0 Å². The van der Waals surface area contributed by atoms with Crippen LogP contribution in [0.3, 0.4) is 0 Å². The van der Waals surface area contributed by atoms with Crippen molar-refractivity contribution in [3.63, 3.8) is 0 Å². The number of thiazole rings is 1. The summed E-state index contributed by atoms with van der Waals surface area (Å²) in [5.41, 5.74) is 3.71. The van der Waals surface area contributed by atoms with Gasteiger partial charge < -0.3 is 9.30 Å². The molecule has 0 bridgehead atoms. The fourth-order valence-corrected chi connectivity index (χ4v) is 2.76. The summed E-state index contributed by atoms with van der Waals surface area (Å²) >= 11 is 1.53. The zero-order valence-corrected chi connectivity index (χ0v) is 10.6. The van der Waals surface area contributed by atoms with Gasteiger partial charge in [-0.05, 0) is 37.1 Å². The lowest BCUT2D eigenvalue weighted by atomic mass is 10.1. The minimum atomic E-state index is 0.594. The van der Waals surface area contributed by atoms with Crippen LogP contribution in [0.1, 0.15) is 11.1 Å². The number of benzene rings is 1. The van der Waals surface area contributed by atoms with E-state index < -0.39 is 0 Å². The fraction of sp³-hybridized carbons (Fsp3) is 0.417. The van der Waals surface area contributed by atoms with Crippen molar-refractivity contribution in [1.82, 2.24) is 4.57 Å². The Morgan fingerprint density at radius 3 is 2.69 bits per heavy atom. The second-order valence-corrected chi connectivity index (χ2v) is 4.99. The predicted molar refractivity (Wildman–Crippen MR) is 67.0 cm³/mol. The van der Waals surface area contributed by atoms with E-state index in [1.54, 1.807) is 7.11 Å². The van der Waals surface area contributed by atoms with Gasteiger partial charge in [0.1, 0.15) is 0 Å². The molecule has 16 heavy (non-hydrogen) atoms. The maximum absolute atomic E-state index is 7.94. The summed E-state index contributed by atoms with van der Waals surface area (Å²) in [6.45, 7) is 5.61. The Labute approximate surface area is 98.8 Å². The first-order valence-corrected chi connectivity index (χ1v) is 6.09. The second-order valence-electron chi connectivity index (χ2n) is 3.96. The van der Waals surface area contributed by atoms with Crippen molar-refractivity contribution in [2.45, 2.75) is 20.4 Å². The summed E-state index contributed by atoms with van der Waals surface area (Å²) in [7, 11) is 1.69. The Morgan fingerprint density at radius 1 is 1.31 bits per heavy atom. The van der Waals surface area contributed by atoms with E-state index in [0.29, 0.717) is 11.4 Å². The SMILES string of the molecule is COCCn1c(=N)sc2cc(C)c(C)cc21. The third kappa shape index (κ3) is 1.90. The molecule has 0 atom stereocenters. The Kier molecular flexibility index (Phi) is 3.12. The van der Waals surface area contributed by atoms with Gasteiger partial charge in [0.05, 0.1) is 16.8 Å². The minimum absolute atomic E-state index is 0.594. The minimum Gasteiger partial charge on any atom is -0.383 e. The highest BCUT2D eigenvalue weighted by Gasteiger charge is 2.06. The number of methoxy groups -OCH3 is 1. The van der Waals surface area contributed by atoms with Gasteiger partial charge in [0.25, 0.3) is 0 Å². The molecule has 0 saturated carbocycles. The summed E-state index contributed by atoms with van der Waals surface area (Å²) in [4.78, 5) is 0.594. The Balaban J connectivity index is 2.60. The summed E-state index contributed by atoms with van der Waals surface area (Å²) in [6, 6.07) is 4.32. The van der Waals surface area contributed by atoms with E-state index in [0.717, 1.165) is 12.1 Å². The first-order valence-electron chi connectivity index (χ1n) is 5.27. The lowest BCUT2D eigenvalue weighted by molar-refractivity contribution is 0.187. The number of hydrogen-bond donors (Lipinski definition) is 1. The largest absolute Gasteiger partial charge is 0.383 e. The fourth-order valence-electron chi connectivity index (χ4n) is 1.74. The summed E-state index contributed by atoms with van der Waals surface area (Å²) in [6.07, 6.45) is 0. The zero-order chi connectivity index (χ0) is 11.7.